The number of carbonyl (C=O) groups is 1. The number of rotatable bonds is 5. The summed E-state index contributed by atoms with van der Waals surface area (Å²) in [6.45, 7) is 7.10. The number of anilines is 1. The third-order valence-electron chi connectivity index (χ3n) is 4.54. The van der Waals surface area contributed by atoms with Crippen molar-refractivity contribution in [2.45, 2.75) is 58.2 Å². The molecule has 3 unspecified atom stereocenters. The van der Waals surface area contributed by atoms with E-state index in [1.807, 2.05) is 31.2 Å². The Labute approximate surface area is 127 Å². The Balaban J connectivity index is 1.80. The maximum atomic E-state index is 12.3. The van der Waals surface area contributed by atoms with E-state index in [1.165, 1.54) is 18.4 Å². The number of nitrogens with zero attached hydrogens (tertiary/aromatic N) is 1. The number of nitrogens with one attached hydrogen (secondary N) is 1. The van der Waals surface area contributed by atoms with Gasteiger partial charge in [0.1, 0.15) is 0 Å². The van der Waals surface area contributed by atoms with E-state index in [-0.39, 0.29) is 11.9 Å². The Morgan fingerprint density at radius 1 is 1.29 bits per heavy atom. The van der Waals surface area contributed by atoms with Gasteiger partial charge in [0, 0.05) is 24.3 Å². The molecular formula is C17H27N3O. The number of amides is 1. The van der Waals surface area contributed by atoms with Crippen LogP contribution in [0.3, 0.4) is 0 Å². The van der Waals surface area contributed by atoms with Crippen LogP contribution in [0.4, 0.5) is 5.69 Å². The molecule has 1 fully saturated rings. The van der Waals surface area contributed by atoms with Crippen LogP contribution in [-0.4, -0.2) is 35.5 Å². The first-order chi connectivity index (χ1) is 9.99. The van der Waals surface area contributed by atoms with Crippen molar-refractivity contribution in [2.75, 3.05) is 12.3 Å². The predicted octanol–water partition coefficient (Wildman–Crippen LogP) is 2.19. The van der Waals surface area contributed by atoms with Gasteiger partial charge >= 0.3 is 0 Å². The Hall–Kier alpha value is -1.55. The molecule has 3 atom stereocenters. The van der Waals surface area contributed by atoms with E-state index >= 15 is 0 Å². The molecule has 1 aromatic carbocycles. The highest BCUT2D eigenvalue weighted by atomic mass is 16.2. The summed E-state index contributed by atoms with van der Waals surface area (Å²) < 4.78 is 0. The Morgan fingerprint density at radius 3 is 2.43 bits per heavy atom. The van der Waals surface area contributed by atoms with Gasteiger partial charge in [-0.15, -0.1) is 0 Å². The fraction of sp³-hybridized carbons (Fsp3) is 0.588. The van der Waals surface area contributed by atoms with Crippen molar-refractivity contribution < 1.29 is 4.79 Å². The molecule has 1 aromatic rings. The molecule has 4 heteroatoms. The summed E-state index contributed by atoms with van der Waals surface area (Å²) in [5.74, 6) is 0.131. The minimum atomic E-state index is -0.0519. The van der Waals surface area contributed by atoms with Gasteiger partial charge in [-0.1, -0.05) is 12.1 Å². The lowest BCUT2D eigenvalue weighted by molar-refractivity contribution is -0.126. The molecule has 1 heterocycles. The number of benzene rings is 1. The molecule has 1 amide bonds. The first kappa shape index (κ1) is 15.8. The Kier molecular flexibility index (Phi) is 5.23. The lowest BCUT2D eigenvalue weighted by Gasteiger charge is -2.31. The van der Waals surface area contributed by atoms with Crippen molar-refractivity contribution in [3.63, 3.8) is 0 Å². The second kappa shape index (κ2) is 6.94. The van der Waals surface area contributed by atoms with E-state index in [2.05, 4.69) is 24.1 Å². The third-order valence-corrected chi connectivity index (χ3v) is 4.54. The van der Waals surface area contributed by atoms with Crippen LogP contribution in [0.2, 0.25) is 0 Å². The van der Waals surface area contributed by atoms with Crippen molar-refractivity contribution in [3.8, 4) is 0 Å². The molecule has 0 bridgehead atoms. The quantitative estimate of drug-likeness (QED) is 0.817. The van der Waals surface area contributed by atoms with Gasteiger partial charge in [0.2, 0.25) is 5.91 Å². The van der Waals surface area contributed by atoms with Crippen molar-refractivity contribution in [2.24, 2.45) is 0 Å². The summed E-state index contributed by atoms with van der Waals surface area (Å²) in [5, 5.41) is 3.05. The summed E-state index contributed by atoms with van der Waals surface area (Å²) in [6.07, 6.45) is 3.21. The average Bonchev–Trinajstić information content (AvgIpc) is 2.79. The van der Waals surface area contributed by atoms with Gasteiger partial charge in [-0.05, 0) is 57.7 Å². The van der Waals surface area contributed by atoms with E-state index in [1.54, 1.807) is 0 Å². The van der Waals surface area contributed by atoms with Crippen LogP contribution < -0.4 is 11.1 Å². The number of nitrogen functional groups attached to an aromatic ring is 1. The maximum Gasteiger partial charge on any atom is 0.237 e. The molecule has 116 valence electrons. The zero-order valence-corrected chi connectivity index (χ0v) is 13.3. The van der Waals surface area contributed by atoms with Crippen LogP contribution in [-0.2, 0) is 11.2 Å². The van der Waals surface area contributed by atoms with E-state index in [9.17, 15) is 4.79 Å². The number of likely N-dealkylation sites (tertiary alicyclic amines) is 1. The van der Waals surface area contributed by atoms with Gasteiger partial charge in [0.15, 0.2) is 0 Å². The smallest absolute Gasteiger partial charge is 0.237 e. The molecule has 0 radical (unpaired) electrons. The topological polar surface area (TPSA) is 58.4 Å². The molecule has 0 aliphatic carbocycles. The van der Waals surface area contributed by atoms with Gasteiger partial charge in [-0.25, -0.2) is 0 Å². The lowest BCUT2D eigenvalue weighted by Crippen LogP contribution is -2.49. The molecule has 1 aliphatic rings. The van der Waals surface area contributed by atoms with Crippen LogP contribution in [0.1, 0.15) is 39.2 Å². The van der Waals surface area contributed by atoms with Gasteiger partial charge < -0.3 is 11.1 Å². The molecule has 0 aromatic heterocycles. The van der Waals surface area contributed by atoms with E-state index in [0.29, 0.717) is 18.6 Å². The minimum absolute atomic E-state index is 0.0519. The SMILES string of the molecule is CC1CCC(C)N1C(C)C(=O)NCCc1ccc(N)cc1. The molecule has 3 N–H and O–H groups in total. The largest absolute Gasteiger partial charge is 0.399 e. The van der Waals surface area contributed by atoms with Crippen LogP contribution in [0.25, 0.3) is 0 Å². The standard InChI is InChI=1S/C17H27N3O/c1-12-4-5-13(2)20(12)14(3)17(21)19-11-10-15-6-8-16(18)9-7-15/h6-9,12-14H,4-5,10-11,18H2,1-3H3,(H,19,21). The molecule has 2 rings (SSSR count). The minimum Gasteiger partial charge on any atom is -0.399 e. The second-order valence-electron chi connectivity index (χ2n) is 6.18. The van der Waals surface area contributed by atoms with Crippen molar-refractivity contribution in [1.29, 1.82) is 0 Å². The lowest BCUT2D eigenvalue weighted by atomic mass is 10.1. The van der Waals surface area contributed by atoms with Crippen molar-refractivity contribution >= 4 is 11.6 Å². The summed E-state index contributed by atoms with van der Waals surface area (Å²) >= 11 is 0. The first-order valence-corrected chi connectivity index (χ1v) is 7.88. The Morgan fingerprint density at radius 2 is 1.86 bits per heavy atom. The highest BCUT2D eigenvalue weighted by Crippen LogP contribution is 2.25. The molecule has 21 heavy (non-hydrogen) atoms. The highest BCUT2D eigenvalue weighted by Gasteiger charge is 2.33. The summed E-state index contributed by atoms with van der Waals surface area (Å²) in [4.78, 5) is 14.6. The van der Waals surface area contributed by atoms with Gasteiger partial charge in [-0.3, -0.25) is 9.69 Å². The summed E-state index contributed by atoms with van der Waals surface area (Å²) in [5.41, 5.74) is 7.63. The molecule has 1 saturated heterocycles. The van der Waals surface area contributed by atoms with E-state index < -0.39 is 0 Å². The molecule has 0 spiro atoms. The highest BCUT2D eigenvalue weighted by molar-refractivity contribution is 5.81. The van der Waals surface area contributed by atoms with Crippen LogP contribution in [0.15, 0.2) is 24.3 Å². The van der Waals surface area contributed by atoms with Gasteiger partial charge in [-0.2, -0.15) is 0 Å². The molecule has 1 aliphatic heterocycles. The number of carbonyl (C=O) groups excluding carboxylic acids is 1. The number of hydrogen-bond acceptors (Lipinski definition) is 3. The van der Waals surface area contributed by atoms with Crippen molar-refractivity contribution in [3.05, 3.63) is 29.8 Å². The van der Waals surface area contributed by atoms with Crippen LogP contribution in [0, 0.1) is 0 Å². The fourth-order valence-corrected chi connectivity index (χ4v) is 3.28. The van der Waals surface area contributed by atoms with E-state index in [4.69, 9.17) is 5.73 Å². The summed E-state index contributed by atoms with van der Waals surface area (Å²) in [6, 6.07) is 8.76. The molecule has 4 nitrogen and oxygen atoms in total. The summed E-state index contributed by atoms with van der Waals surface area (Å²) in [7, 11) is 0. The molecular weight excluding hydrogens is 262 g/mol. The maximum absolute atomic E-state index is 12.3. The normalized spacial score (nSPS) is 24.0. The second-order valence-corrected chi connectivity index (χ2v) is 6.18. The molecule has 0 saturated carbocycles. The number of hydrogen-bond donors (Lipinski definition) is 2. The zero-order chi connectivity index (χ0) is 15.4. The predicted molar refractivity (Wildman–Crippen MR) is 87.0 cm³/mol. The van der Waals surface area contributed by atoms with Gasteiger partial charge in [0.25, 0.3) is 0 Å². The average molecular weight is 289 g/mol. The Bertz CT molecular complexity index is 461. The van der Waals surface area contributed by atoms with Crippen molar-refractivity contribution in [1.82, 2.24) is 10.2 Å². The number of nitrogens with two attached hydrogens (primary N) is 1. The van der Waals surface area contributed by atoms with E-state index in [0.717, 1.165) is 12.1 Å². The van der Waals surface area contributed by atoms with Crippen LogP contribution in [0.5, 0.6) is 0 Å². The zero-order valence-electron chi connectivity index (χ0n) is 13.3. The fourth-order valence-electron chi connectivity index (χ4n) is 3.28. The van der Waals surface area contributed by atoms with Gasteiger partial charge in [0.05, 0.1) is 6.04 Å². The van der Waals surface area contributed by atoms with Crippen LogP contribution >= 0.6 is 0 Å². The first-order valence-electron chi connectivity index (χ1n) is 7.88. The monoisotopic (exact) mass is 289 g/mol. The third kappa shape index (κ3) is 3.97.